The first kappa shape index (κ1) is 11.1. The van der Waals surface area contributed by atoms with Gasteiger partial charge in [0.05, 0.1) is 6.61 Å². The van der Waals surface area contributed by atoms with Crippen molar-refractivity contribution < 1.29 is 14.2 Å². The summed E-state index contributed by atoms with van der Waals surface area (Å²) in [5.41, 5.74) is 5.65. The highest BCUT2D eigenvalue weighted by atomic mass is 16.7. The van der Waals surface area contributed by atoms with Crippen molar-refractivity contribution in [2.45, 2.75) is 25.8 Å². The van der Waals surface area contributed by atoms with Gasteiger partial charge in [-0.25, -0.2) is 0 Å². The fourth-order valence-electron chi connectivity index (χ4n) is 1.56. The average Bonchev–Trinajstić information content (AvgIpc) is 2.71. The van der Waals surface area contributed by atoms with Gasteiger partial charge in [0, 0.05) is 12.1 Å². The van der Waals surface area contributed by atoms with Crippen molar-refractivity contribution in [2.75, 3.05) is 13.4 Å². The molecule has 1 aromatic rings. The van der Waals surface area contributed by atoms with E-state index in [0.29, 0.717) is 13.4 Å². The highest BCUT2D eigenvalue weighted by Crippen LogP contribution is 2.35. The lowest BCUT2D eigenvalue weighted by Crippen LogP contribution is -2.15. The minimum absolute atomic E-state index is 0.236. The van der Waals surface area contributed by atoms with Crippen molar-refractivity contribution in [2.24, 2.45) is 5.73 Å². The maximum Gasteiger partial charge on any atom is 0.231 e. The Bertz CT molecular complexity index is 352. The minimum atomic E-state index is 0.236. The van der Waals surface area contributed by atoms with Gasteiger partial charge in [-0.05, 0) is 31.9 Å². The predicted molar refractivity (Wildman–Crippen MR) is 60.9 cm³/mol. The zero-order valence-electron chi connectivity index (χ0n) is 9.44. The van der Waals surface area contributed by atoms with Crippen molar-refractivity contribution in [3.05, 3.63) is 18.2 Å². The molecule has 1 heterocycles. The van der Waals surface area contributed by atoms with E-state index in [4.69, 9.17) is 19.9 Å². The summed E-state index contributed by atoms with van der Waals surface area (Å²) in [6, 6.07) is 5.84. The zero-order valence-corrected chi connectivity index (χ0v) is 9.44. The van der Waals surface area contributed by atoms with E-state index >= 15 is 0 Å². The van der Waals surface area contributed by atoms with Gasteiger partial charge in [-0.15, -0.1) is 0 Å². The van der Waals surface area contributed by atoms with Crippen molar-refractivity contribution >= 4 is 0 Å². The van der Waals surface area contributed by atoms with Crippen LogP contribution in [0.15, 0.2) is 18.2 Å². The van der Waals surface area contributed by atoms with Crippen molar-refractivity contribution in [3.63, 3.8) is 0 Å². The third-order valence-electron chi connectivity index (χ3n) is 2.42. The highest BCUT2D eigenvalue weighted by Gasteiger charge is 2.13. The van der Waals surface area contributed by atoms with Crippen LogP contribution < -0.4 is 19.9 Å². The molecule has 0 amide bonds. The molecule has 2 rings (SSSR count). The summed E-state index contributed by atoms with van der Waals surface area (Å²) in [6.07, 6.45) is 1.94. The number of rotatable bonds is 5. The minimum Gasteiger partial charge on any atom is -0.493 e. The predicted octanol–water partition coefficient (Wildman–Crippen LogP) is 1.92. The third kappa shape index (κ3) is 2.79. The van der Waals surface area contributed by atoms with Crippen LogP contribution in [0.4, 0.5) is 0 Å². The number of hydrogen-bond donors (Lipinski definition) is 1. The lowest BCUT2D eigenvalue weighted by molar-refractivity contribution is 0.173. The first-order valence-electron chi connectivity index (χ1n) is 5.54. The molecule has 0 saturated heterocycles. The molecule has 1 atom stereocenters. The second-order valence-electron chi connectivity index (χ2n) is 3.98. The first-order chi connectivity index (χ1) is 7.75. The van der Waals surface area contributed by atoms with Crippen LogP contribution in [0.5, 0.6) is 17.2 Å². The Balaban J connectivity index is 1.81. The number of benzene rings is 1. The maximum absolute atomic E-state index is 5.65. The largest absolute Gasteiger partial charge is 0.493 e. The van der Waals surface area contributed by atoms with Gasteiger partial charge < -0.3 is 19.9 Å². The maximum atomic E-state index is 5.65. The smallest absolute Gasteiger partial charge is 0.231 e. The number of fused-ring (bicyclic) bond motifs is 1. The molecule has 0 bridgehead atoms. The molecule has 2 N–H and O–H groups in total. The summed E-state index contributed by atoms with van der Waals surface area (Å²) in [5, 5.41) is 0. The first-order valence-corrected chi connectivity index (χ1v) is 5.54. The van der Waals surface area contributed by atoms with Crippen LogP contribution in [0, 0.1) is 0 Å². The van der Waals surface area contributed by atoms with Crippen LogP contribution in [-0.2, 0) is 0 Å². The van der Waals surface area contributed by atoms with Gasteiger partial charge in [-0.3, -0.25) is 0 Å². The summed E-state index contributed by atoms with van der Waals surface area (Å²) in [4.78, 5) is 0. The van der Waals surface area contributed by atoms with E-state index in [1.807, 2.05) is 25.1 Å². The van der Waals surface area contributed by atoms with E-state index in [9.17, 15) is 0 Å². The van der Waals surface area contributed by atoms with Crippen molar-refractivity contribution in [3.8, 4) is 17.2 Å². The molecule has 0 fully saturated rings. The molecule has 88 valence electrons. The van der Waals surface area contributed by atoms with Crippen LogP contribution >= 0.6 is 0 Å². The Labute approximate surface area is 95.3 Å². The summed E-state index contributed by atoms with van der Waals surface area (Å²) < 4.78 is 16.1. The molecule has 0 saturated carbocycles. The average molecular weight is 223 g/mol. The standard InChI is InChI=1S/C12H17NO3/c1-9(13)3-2-6-14-10-4-5-11-12(7-10)16-8-15-11/h4-5,7,9H,2-3,6,8,13H2,1H3. The summed E-state index contributed by atoms with van der Waals surface area (Å²) >= 11 is 0. The van der Waals surface area contributed by atoms with Crippen LogP contribution in [0.25, 0.3) is 0 Å². The molecule has 1 aliphatic rings. The van der Waals surface area contributed by atoms with Crippen LogP contribution in [-0.4, -0.2) is 19.4 Å². The lowest BCUT2D eigenvalue weighted by atomic mass is 10.2. The van der Waals surface area contributed by atoms with Crippen LogP contribution in [0.3, 0.4) is 0 Å². The van der Waals surface area contributed by atoms with E-state index in [1.165, 1.54) is 0 Å². The molecule has 4 nitrogen and oxygen atoms in total. The molecule has 0 spiro atoms. The van der Waals surface area contributed by atoms with Gasteiger partial charge in [0.2, 0.25) is 6.79 Å². The zero-order chi connectivity index (χ0) is 11.4. The molecule has 4 heteroatoms. The van der Waals surface area contributed by atoms with E-state index in [-0.39, 0.29) is 6.04 Å². The topological polar surface area (TPSA) is 53.7 Å². The number of hydrogen-bond acceptors (Lipinski definition) is 4. The Hall–Kier alpha value is -1.42. The van der Waals surface area contributed by atoms with E-state index in [0.717, 1.165) is 30.1 Å². The molecule has 1 aliphatic heterocycles. The lowest BCUT2D eigenvalue weighted by Gasteiger charge is -2.08. The second-order valence-corrected chi connectivity index (χ2v) is 3.98. The molecule has 16 heavy (non-hydrogen) atoms. The van der Waals surface area contributed by atoms with E-state index in [2.05, 4.69) is 0 Å². The Morgan fingerprint density at radius 1 is 1.38 bits per heavy atom. The molecular weight excluding hydrogens is 206 g/mol. The Kier molecular flexibility index (Phi) is 3.51. The number of nitrogens with two attached hydrogens (primary N) is 1. The van der Waals surface area contributed by atoms with E-state index in [1.54, 1.807) is 0 Å². The van der Waals surface area contributed by atoms with Crippen LogP contribution in [0.1, 0.15) is 19.8 Å². The van der Waals surface area contributed by atoms with Gasteiger partial charge in [-0.2, -0.15) is 0 Å². The van der Waals surface area contributed by atoms with E-state index < -0.39 is 0 Å². The monoisotopic (exact) mass is 223 g/mol. The van der Waals surface area contributed by atoms with Gasteiger partial charge in [0.25, 0.3) is 0 Å². The SMILES string of the molecule is CC(N)CCCOc1ccc2c(c1)OCO2. The molecular formula is C12H17NO3. The van der Waals surface area contributed by atoms with Gasteiger partial charge >= 0.3 is 0 Å². The summed E-state index contributed by atoms with van der Waals surface area (Å²) in [5.74, 6) is 2.35. The number of ether oxygens (including phenoxy) is 3. The molecule has 0 radical (unpaired) electrons. The van der Waals surface area contributed by atoms with Gasteiger partial charge in [-0.1, -0.05) is 0 Å². The summed E-state index contributed by atoms with van der Waals surface area (Å²) in [7, 11) is 0. The highest BCUT2D eigenvalue weighted by molar-refractivity contribution is 5.46. The second kappa shape index (κ2) is 5.07. The normalized spacial score (nSPS) is 14.9. The Morgan fingerprint density at radius 3 is 3.00 bits per heavy atom. The molecule has 0 aromatic heterocycles. The molecule has 1 aromatic carbocycles. The Morgan fingerprint density at radius 2 is 2.19 bits per heavy atom. The molecule has 1 unspecified atom stereocenters. The van der Waals surface area contributed by atoms with Crippen molar-refractivity contribution in [1.82, 2.24) is 0 Å². The fraction of sp³-hybridized carbons (Fsp3) is 0.500. The van der Waals surface area contributed by atoms with Gasteiger partial charge in [0.1, 0.15) is 5.75 Å². The third-order valence-corrected chi connectivity index (χ3v) is 2.42. The molecule has 0 aliphatic carbocycles. The van der Waals surface area contributed by atoms with Crippen LogP contribution in [0.2, 0.25) is 0 Å². The fourth-order valence-corrected chi connectivity index (χ4v) is 1.56. The summed E-state index contributed by atoms with van der Waals surface area (Å²) in [6.45, 7) is 2.98. The van der Waals surface area contributed by atoms with Crippen molar-refractivity contribution in [1.29, 1.82) is 0 Å². The van der Waals surface area contributed by atoms with Gasteiger partial charge in [0.15, 0.2) is 11.5 Å². The quantitative estimate of drug-likeness (QED) is 0.775.